The van der Waals surface area contributed by atoms with Gasteiger partial charge in [-0.3, -0.25) is 14.9 Å². The predicted octanol–water partition coefficient (Wildman–Crippen LogP) is 2.88. The van der Waals surface area contributed by atoms with E-state index >= 15 is 0 Å². The first kappa shape index (κ1) is 20.5. The third-order valence-corrected chi connectivity index (χ3v) is 3.93. The van der Waals surface area contributed by atoms with Gasteiger partial charge >= 0.3 is 0 Å². The lowest BCUT2D eigenvalue weighted by atomic mass is 10.1. The summed E-state index contributed by atoms with van der Waals surface area (Å²) in [5.41, 5.74) is 1.32. The monoisotopic (exact) mass is 381 g/mol. The molecule has 0 fully saturated rings. The molecular weight excluding hydrogens is 362 g/mol. The van der Waals surface area contributed by atoms with E-state index in [4.69, 9.17) is 9.47 Å². The van der Waals surface area contributed by atoms with Crippen molar-refractivity contribution < 1.29 is 19.2 Å². The van der Waals surface area contributed by atoms with Crippen molar-refractivity contribution in [2.45, 2.75) is 6.42 Å². The lowest BCUT2D eigenvalue weighted by molar-refractivity contribution is -0.384. The van der Waals surface area contributed by atoms with E-state index < -0.39 is 10.8 Å². The molecule has 0 aliphatic heterocycles. The van der Waals surface area contributed by atoms with E-state index in [-0.39, 0.29) is 11.3 Å². The molecule has 2 aromatic rings. The largest absolute Gasteiger partial charge is 0.493 e. The van der Waals surface area contributed by atoms with Crippen molar-refractivity contribution in [2.75, 3.05) is 20.8 Å². The Morgan fingerprint density at radius 3 is 2.43 bits per heavy atom. The molecule has 0 bridgehead atoms. The minimum absolute atomic E-state index is 0.0602. The first-order chi connectivity index (χ1) is 13.5. The maximum absolute atomic E-state index is 12.2. The Kier molecular flexibility index (Phi) is 7.11. The molecule has 0 heterocycles. The van der Waals surface area contributed by atoms with Gasteiger partial charge in [0.15, 0.2) is 11.5 Å². The van der Waals surface area contributed by atoms with Crippen LogP contribution in [0, 0.1) is 21.4 Å². The van der Waals surface area contributed by atoms with Crippen LogP contribution in [0.3, 0.4) is 0 Å². The highest BCUT2D eigenvalue weighted by atomic mass is 16.6. The van der Waals surface area contributed by atoms with Crippen molar-refractivity contribution in [1.82, 2.24) is 5.32 Å². The van der Waals surface area contributed by atoms with Gasteiger partial charge in [-0.15, -0.1) is 0 Å². The quantitative estimate of drug-likeness (QED) is 0.325. The number of hydrogen-bond acceptors (Lipinski definition) is 6. The summed E-state index contributed by atoms with van der Waals surface area (Å²) in [6.45, 7) is 0.327. The normalized spacial score (nSPS) is 10.7. The van der Waals surface area contributed by atoms with Crippen LogP contribution in [0.1, 0.15) is 11.1 Å². The summed E-state index contributed by atoms with van der Waals surface area (Å²) in [5, 5.41) is 22.6. The minimum atomic E-state index is -0.514. The number of nitro benzene ring substituents is 1. The SMILES string of the molecule is COc1ccc(CCNC(=O)/C(C#N)=C/c2ccc([N+](=O)[O-])cc2)cc1OC. The first-order valence-electron chi connectivity index (χ1n) is 8.34. The minimum Gasteiger partial charge on any atom is -0.493 e. The summed E-state index contributed by atoms with van der Waals surface area (Å²) in [4.78, 5) is 22.4. The van der Waals surface area contributed by atoms with Gasteiger partial charge < -0.3 is 14.8 Å². The van der Waals surface area contributed by atoms with Crippen LogP contribution < -0.4 is 14.8 Å². The second-order valence-corrected chi connectivity index (χ2v) is 5.71. The van der Waals surface area contributed by atoms with Gasteiger partial charge in [0.05, 0.1) is 19.1 Å². The van der Waals surface area contributed by atoms with Crippen LogP contribution in [-0.2, 0) is 11.2 Å². The van der Waals surface area contributed by atoms with Crippen LogP contribution in [-0.4, -0.2) is 31.6 Å². The highest BCUT2D eigenvalue weighted by molar-refractivity contribution is 6.01. The zero-order chi connectivity index (χ0) is 20.5. The fourth-order valence-corrected chi connectivity index (χ4v) is 2.46. The molecule has 1 amide bonds. The molecule has 0 aromatic heterocycles. The number of amides is 1. The zero-order valence-corrected chi connectivity index (χ0v) is 15.5. The highest BCUT2D eigenvalue weighted by Gasteiger charge is 2.10. The smallest absolute Gasteiger partial charge is 0.269 e. The Bertz CT molecular complexity index is 930. The average Bonchev–Trinajstić information content (AvgIpc) is 2.71. The number of nitrogens with one attached hydrogen (secondary N) is 1. The number of carbonyl (C=O) groups is 1. The molecule has 0 saturated carbocycles. The summed E-state index contributed by atoms with van der Waals surface area (Å²) in [6, 6.07) is 12.9. The van der Waals surface area contributed by atoms with E-state index in [0.29, 0.717) is 30.0 Å². The molecule has 1 N–H and O–H groups in total. The Morgan fingerprint density at radius 1 is 1.18 bits per heavy atom. The number of rotatable bonds is 8. The van der Waals surface area contributed by atoms with Gasteiger partial charge in [0.25, 0.3) is 11.6 Å². The van der Waals surface area contributed by atoms with Crippen LogP contribution in [0.5, 0.6) is 11.5 Å². The van der Waals surface area contributed by atoms with E-state index in [1.54, 1.807) is 20.3 Å². The van der Waals surface area contributed by atoms with Gasteiger partial charge in [0.2, 0.25) is 0 Å². The van der Waals surface area contributed by atoms with Crippen LogP contribution in [0.4, 0.5) is 5.69 Å². The molecule has 8 heteroatoms. The van der Waals surface area contributed by atoms with Crippen LogP contribution in [0.2, 0.25) is 0 Å². The predicted molar refractivity (Wildman–Crippen MR) is 103 cm³/mol. The zero-order valence-electron chi connectivity index (χ0n) is 15.5. The number of nitriles is 1. The number of nitrogens with zero attached hydrogens (tertiary/aromatic N) is 2. The molecule has 2 aromatic carbocycles. The van der Waals surface area contributed by atoms with Gasteiger partial charge in [-0.2, -0.15) is 5.26 Å². The van der Waals surface area contributed by atoms with E-state index in [9.17, 15) is 20.2 Å². The van der Waals surface area contributed by atoms with Crippen molar-refractivity contribution in [3.05, 3.63) is 69.3 Å². The number of ether oxygens (including phenoxy) is 2. The summed E-state index contributed by atoms with van der Waals surface area (Å²) in [7, 11) is 3.10. The number of non-ortho nitro benzene ring substituents is 1. The first-order valence-corrected chi connectivity index (χ1v) is 8.34. The Balaban J connectivity index is 1.99. The van der Waals surface area contributed by atoms with Crippen molar-refractivity contribution in [3.63, 3.8) is 0 Å². The van der Waals surface area contributed by atoms with Crippen LogP contribution in [0.25, 0.3) is 6.08 Å². The summed E-state index contributed by atoms with van der Waals surface area (Å²) in [5.74, 6) is 0.705. The van der Waals surface area contributed by atoms with Gasteiger partial charge in [0, 0.05) is 18.7 Å². The van der Waals surface area contributed by atoms with Crippen LogP contribution in [0.15, 0.2) is 48.0 Å². The molecule has 144 valence electrons. The van der Waals surface area contributed by atoms with Gasteiger partial charge in [-0.05, 0) is 47.9 Å². The number of benzene rings is 2. The molecule has 8 nitrogen and oxygen atoms in total. The number of methoxy groups -OCH3 is 2. The molecule has 0 radical (unpaired) electrons. The Morgan fingerprint density at radius 2 is 1.86 bits per heavy atom. The van der Waals surface area contributed by atoms with Crippen molar-refractivity contribution in [2.24, 2.45) is 0 Å². The fraction of sp³-hybridized carbons (Fsp3) is 0.200. The average molecular weight is 381 g/mol. The standard InChI is InChI=1S/C20H19N3O5/c1-27-18-8-5-15(12-19(18)28-2)9-10-22-20(24)16(13-21)11-14-3-6-17(7-4-14)23(25)26/h3-8,11-12H,9-10H2,1-2H3,(H,22,24)/b16-11+. The molecule has 0 aliphatic carbocycles. The van der Waals surface area contributed by atoms with Gasteiger partial charge in [-0.1, -0.05) is 6.07 Å². The second-order valence-electron chi connectivity index (χ2n) is 5.71. The van der Waals surface area contributed by atoms with Crippen LogP contribution >= 0.6 is 0 Å². The van der Waals surface area contributed by atoms with Crippen molar-refractivity contribution >= 4 is 17.7 Å². The third kappa shape index (κ3) is 5.32. The second kappa shape index (κ2) is 9.73. The maximum Gasteiger partial charge on any atom is 0.269 e. The number of carbonyl (C=O) groups excluding carboxylic acids is 1. The molecule has 2 rings (SSSR count). The van der Waals surface area contributed by atoms with E-state index in [1.165, 1.54) is 30.3 Å². The molecule has 0 aliphatic rings. The summed E-state index contributed by atoms with van der Waals surface area (Å²) in [6.07, 6.45) is 1.93. The molecular formula is C20H19N3O5. The van der Waals surface area contributed by atoms with Gasteiger partial charge in [0.1, 0.15) is 11.6 Å². The van der Waals surface area contributed by atoms with E-state index in [1.807, 2.05) is 18.2 Å². The Labute approximate surface area is 162 Å². The molecule has 0 spiro atoms. The molecule has 28 heavy (non-hydrogen) atoms. The summed E-state index contributed by atoms with van der Waals surface area (Å²) >= 11 is 0. The van der Waals surface area contributed by atoms with E-state index in [2.05, 4.69) is 5.32 Å². The highest BCUT2D eigenvalue weighted by Crippen LogP contribution is 2.27. The lowest BCUT2D eigenvalue weighted by Gasteiger charge is -2.10. The van der Waals surface area contributed by atoms with E-state index in [0.717, 1.165) is 5.56 Å². The fourth-order valence-electron chi connectivity index (χ4n) is 2.46. The molecule has 0 saturated heterocycles. The maximum atomic E-state index is 12.2. The topological polar surface area (TPSA) is 114 Å². The molecule has 0 unspecified atom stereocenters. The Hall–Kier alpha value is -3.86. The lowest BCUT2D eigenvalue weighted by Crippen LogP contribution is -2.26. The van der Waals surface area contributed by atoms with Gasteiger partial charge in [-0.25, -0.2) is 0 Å². The molecule has 0 atom stereocenters. The summed E-state index contributed by atoms with van der Waals surface area (Å²) < 4.78 is 10.4. The number of hydrogen-bond donors (Lipinski definition) is 1. The number of nitro groups is 1. The third-order valence-electron chi connectivity index (χ3n) is 3.93. The van der Waals surface area contributed by atoms with Crippen molar-refractivity contribution in [3.8, 4) is 17.6 Å². The van der Waals surface area contributed by atoms with Crippen molar-refractivity contribution in [1.29, 1.82) is 5.26 Å².